The van der Waals surface area contributed by atoms with Crippen molar-refractivity contribution < 1.29 is 24.2 Å². The zero-order chi connectivity index (χ0) is 37.1. The summed E-state index contributed by atoms with van der Waals surface area (Å²) in [4.78, 5) is 39.8. The number of carboxylic acids is 1. The number of aliphatic carboxylic acids is 1. The monoisotopic (exact) mass is 709 g/mol. The van der Waals surface area contributed by atoms with Crippen LogP contribution in [-0.4, -0.2) is 29.4 Å². The third-order valence-electron chi connectivity index (χ3n) is 16.6. The quantitative estimate of drug-likeness (QED) is 0.0924. The highest BCUT2D eigenvalue weighted by Gasteiger charge is 2.70. The highest BCUT2D eigenvalue weighted by Crippen LogP contribution is 2.75. The Morgan fingerprint density at radius 2 is 1.35 bits per heavy atom. The van der Waals surface area contributed by atoms with E-state index in [1.807, 2.05) is 0 Å². The highest BCUT2D eigenvalue weighted by atomic mass is 16.5. The molecular weight excluding hydrogens is 633 g/mol. The van der Waals surface area contributed by atoms with Crippen LogP contribution in [0.25, 0.3) is 0 Å². The van der Waals surface area contributed by atoms with E-state index in [0.717, 1.165) is 70.6 Å². The molecule has 0 aromatic heterocycles. The minimum atomic E-state index is -0.649. The van der Waals surface area contributed by atoms with Gasteiger partial charge in [0.15, 0.2) is 0 Å². The number of hydrogen-bond donors (Lipinski definition) is 1. The van der Waals surface area contributed by atoms with Crippen LogP contribution in [-0.2, 0) is 19.1 Å². The number of unbranched alkanes of at least 4 members (excludes halogenated alkanes) is 12. The molecule has 0 heterocycles. The molecular formula is C46H76O5. The second kappa shape index (κ2) is 16.0. The van der Waals surface area contributed by atoms with Crippen LogP contribution in [0.2, 0.25) is 0 Å². The Morgan fingerprint density at radius 1 is 0.765 bits per heavy atom. The van der Waals surface area contributed by atoms with Crippen LogP contribution < -0.4 is 0 Å². The molecule has 0 aliphatic heterocycles. The van der Waals surface area contributed by atoms with Crippen molar-refractivity contribution in [3.63, 3.8) is 0 Å². The topological polar surface area (TPSA) is 80.7 Å². The number of esters is 1. The van der Waals surface area contributed by atoms with Crippen molar-refractivity contribution in [1.82, 2.24) is 0 Å². The van der Waals surface area contributed by atoms with Gasteiger partial charge in [-0.25, -0.2) is 0 Å². The Balaban J connectivity index is 1.17. The lowest BCUT2D eigenvalue weighted by Crippen LogP contribution is -2.65. The molecule has 1 N–H and O–H groups in total. The normalized spacial score (nSPS) is 38.5. The maximum absolute atomic E-state index is 13.8. The van der Waals surface area contributed by atoms with Crippen molar-refractivity contribution in [2.75, 3.05) is 6.61 Å². The van der Waals surface area contributed by atoms with Crippen molar-refractivity contribution in [2.45, 2.75) is 203 Å². The van der Waals surface area contributed by atoms with E-state index >= 15 is 0 Å². The van der Waals surface area contributed by atoms with E-state index in [-0.39, 0.29) is 51.9 Å². The summed E-state index contributed by atoms with van der Waals surface area (Å²) in [6, 6.07) is 0. The minimum absolute atomic E-state index is 0.0324. The van der Waals surface area contributed by atoms with Gasteiger partial charge >= 0.3 is 11.9 Å². The molecule has 5 aliphatic carbocycles. The number of ketones is 1. The van der Waals surface area contributed by atoms with Gasteiger partial charge in [0.2, 0.25) is 0 Å². The van der Waals surface area contributed by atoms with E-state index in [2.05, 4.69) is 54.5 Å². The Labute approximate surface area is 312 Å². The molecule has 8 atom stereocenters. The molecule has 5 rings (SSSR count). The molecule has 0 radical (unpaired) electrons. The van der Waals surface area contributed by atoms with Crippen LogP contribution in [0.15, 0.2) is 11.6 Å². The van der Waals surface area contributed by atoms with Crippen molar-refractivity contribution in [3.8, 4) is 0 Å². The van der Waals surface area contributed by atoms with Gasteiger partial charge in [0.25, 0.3) is 0 Å². The molecule has 5 nitrogen and oxygen atoms in total. The Kier molecular flexibility index (Phi) is 12.7. The second-order valence-corrected chi connectivity index (χ2v) is 20.2. The van der Waals surface area contributed by atoms with E-state index in [1.165, 1.54) is 76.2 Å². The predicted molar refractivity (Wildman–Crippen MR) is 207 cm³/mol. The smallest absolute Gasteiger partial charge is 0.310 e. The van der Waals surface area contributed by atoms with Crippen LogP contribution in [0.5, 0.6) is 0 Å². The van der Waals surface area contributed by atoms with Crippen LogP contribution in [0.4, 0.5) is 0 Å². The van der Waals surface area contributed by atoms with Gasteiger partial charge in [0.05, 0.1) is 10.8 Å². The van der Waals surface area contributed by atoms with Gasteiger partial charge in [-0.3, -0.25) is 14.4 Å². The van der Waals surface area contributed by atoms with Crippen molar-refractivity contribution in [1.29, 1.82) is 0 Å². The number of carbonyl (C=O) groups is 3. The fraction of sp³-hybridized carbons (Fsp3) is 0.891. The van der Waals surface area contributed by atoms with E-state index in [9.17, 15) is 19.5 Å². The standard InChI is InChI=1S/C46H76O5/c1-8-9-10-11-12-13-14-15-16-17-18-19-20-21-39(48)51-33-43(5)36-24-27-45(7)37(42(36,4)26-25-38(43)47)23-22-34-35-32-41(2,3)28-30-46(35,40(49)50)31-29-44(34,45)6/h22,35-37H,8-21,23-33H2,1-7H3,(H,49,50). The predicted octanol–water partition coefficient (Wildman–Crippen LogP) is 12.4. The van der Waals surface area contributed by atoms with Crippen molar-refractivity contribution in [3.05, 3.63) is 11.6 Å². The maximum atomic E-state index is 13.8. The zero-order valence-corrected chi connectivity index (χ0v) is 34.1. The summed E-state index contributed by atoms with van der Waals surface area (Å²) in [5.74, 6) is 0.251. The summed E-state index contributed by atoms with van der Waals surface area (Å²) >= 11 is 0. The van der Waals surface area contributed by atoms with Crippen LogP contribution >= 0.6 is 0 Å². The number of Topliss-reactive ketones (excluding diaryl/α,β-unsaturated/α-hetero) is 1. The number of allylic oxidation sites excluding steroid dienone is 2. The average molecular weight is 709 g/mol. The zero-order valence-electron chi connectivity index (χ0n) is 34.1. The SMILES string of the molecule is CCCCCCCCCCCCCCCC(=O)OCC1(C)C(=O)CCC2(C)C1CCC1(C)C2CC=C2C3CC(C)(C)CCC3(C(=O)O)CCC21C. The molecule has 0 aromatic carbocycles. The number of hydrogen-bond acceptors (Lipinski definition) is 4. The maximum Gasteiger partial charge on any atom is 0.310 e. The molecule has 4 fully saturated rings. The fourth-order valence-electron chi connectivity index (χ4n) is 13.0. The van der Waals surface area contributed by atoms with Gasteiger partial charge in [0, 0.05) is 12.8 Å². The summed E-state index contributed by atoms with van der Waals surface area (Å²) in [6.45, 7) is 16.7. The molecule has 5 heteroatoms. The van der Waals surface area contributed by atoms with Gasteiger partial charge in [-0.1, -0.05) is 130 Å². The van der Waals surface area contributed by atoms with E-state index in [0.29, 0.717) is 18.8 Å². The lowest BCUT2D eigenvalue weighted by Gasteiger charge is -2.70. The Hall–Kier alpha value is -1.65. The van der Waals surface area contributed by atoms with E-state index in [4.69, 9.17) is 4.74 Å². The second-order valence-electron chi connectivity index (χ2n) is 20.2. The molecule has 290 valence electrons. The van der Waals surface area contributed by atoms with Gasteiger partial charge in [-0.15, -0.1) is 0 Å². The van der Waals surface area contributed by atoms with Gasteiger partial charge in [-0.2, -0.15) is 0 Å². The molecule has 8 unspecified atom stereocenters. The number of carboxylic acid groups (broad SMARTS) is 1. The van der Waals surface area contributed by atoms with E-state index < -0.39 is 16.8 Å². The Bertz CT molecular complexity index is 1280. The number of rotatable bonds is 17. The summed E-state index contributed by atoms with van der Waals surface area (Å²) in [5.41, 5.74) is 0.289. The first kappa shape index (κ1) is 40.5. The molecule has 0 bridgehead atoms. The van der Waals surface area contributed by atoms with Crippen LogP contribution in [0, 0.1) is 50.2 Å². The van der Waals surface area contributed by atoms with Crippen LogP contribution in [0.3, 0.4) is 0 Å². The summed E-state index contributed by atoms with van der Waals surface area (Å²) < 4.78 is 6.01. The van der Waals surface area contributed by atoms with Gasteiger partial charge in [0.1, 0.15) is 12.4 Å². The van der Waals surface area contributed by atoms with Crippen molar-refractivity contribution >= 4 is 17.7 Å². The third kappa shape index (κ3) is 7.67. The summed E-state index contributed by atoms with van der Waals surface area (Å²) in [7, 11) is 0. The first-order valence-electron chi connectivity index (χ1n) is 21.7. The first-order valence-corrected chi connectivity index (χ1v) is 21.7. The highest BCUT2D eigenvalue weighted by molar-refractivity contribution is 5.86. The number of ether oxygens (including phenoxy) is 1. The van der Waals surface area contributed by atoms with Gasteiger partial charge < -0.3 is 9.84 Å². The largest absolute Gasteiger partial charge is 0.481 e. The number of fused-ring (bicyclic) bond motifs is 7. The molecule has 4 saturated carbocycles. The minimum Gasteiger partial charge on any atom is -0.481 e. The van der Waals surface area contributed by atoms with Crippen LogP contribution in [0.1, 0.15) is 203 Å². The lowest BCUT2D eigenvalue weighted by molar-refractivity contribution is -0.197. The molecule has 0 amide bonds. The molecule has 0 spiro atoms. The average Bonchev–Trinajstić information content (AvgIpc) is 3.08. The Morgan fingerprint density at radius 3 is 1.96 bits per heavy atom. The summed E-state index contributed by atoms with van der Waals surface area (Å²) in [5, 5.41) is 10.7. The lowest BCUT2D eigenvalue weighted by atomic mass is 9.33. The third-order valence-corrected chi connectivity index (χ3v) is 16.6. The molecule has 5 aliphatic rings. The van der Waals surface area contributed by atoms with E-state index in [1.54, 1.807) is 0 Å². The van der Waals surface area contributed by atoms with Gasteiger partial charge in [-0.05, 0) is 111 Å². The molecule has 0 saturated heterocycles. The van der Waals surface area contributed by atoms with Crippen molar-refractivity contribution in [2.24, 2.45) is 50.2 Å². The molecule has 51 heavy (non-hydrogen) atoms. The first-order chi connectivity index (χ1) is 24.1. The fourth-order valence-corrected chi connectivity index (χ4v) is 13.0. The molecule has 0 aromatic rings. The summed E-state index contributed by atoms with van der Waals surface area (Å²) in [6.07, 6.45) is 28.4. The number of carbonyl (C=O) groups excluding carboxylic acids is 2.